The number of rotatable bonds is 5. The quantitative estimate of drug-likeness (QED) is 0.743. The van der Waals surface area contributed by atoms with Gasteiger partial charge in [-0.3, -0.25) is 0 Å². The molecule has 1 aromatic rings. The molecule has 21 heavy (non-hydrogen) atoms. The summed E-state index contributed by atoms with van der Waals surface area (Å²) in [5.41, 5.74) is 6.44. The molecule has 1 aliphatic rings. The van der Waals surface area contributed by atoms with Crippen molar-refractivity contribution in [3.8, 4) is 0 Å². The lowest BCUT2D eigenvalue weighted by atomic mass is 10.2. The number of hydrogen-bond acceptors (Lipinski definition) is 7. The second-order valence-corrected chi connectivity index (χ2v) is 5.20. The molecule has 0 radical (unpaired) electrons. The molecular weight excluding hydrogens is 274 g/mol. The lowest BCUT2D eigenvalue weighted by Crippen LogP contribution is -2.37. The van der Waals surface area contributed by atoms with E-state index in [-0.39, 0.29) is 0 Å². The molecule has 8 heteroatoms. The van der Waals surface area contributed by atoms with E-state index in [1.165, 1.54) is 7.11 Å². The predicted molar refractivity (Wildman–Crippen MR) is 79.6 cm³/mol. The molecule has 118 valence electrons. The molecule has 1 fully saturated rings. The van der Waals surface area contributed by atoms with Gasteiger partial charge in [0.2, 0.25) is 0 Å². The normalized spacial score (nSPS) is 15.5. The first-order valence-corrected chi connectivity index (χ1v) is 6.96. The molecule has 0 aromatic carbocycles. The number of nitrogens with two attached hydrogens (primary N) is 1. The Kier molecular flexibility index (Phi) is 5.03. The second-order valence-electron chi connectivity index (χ2n) is 5.20. The number of likely N-dealkylation sites (N-methyl/N-ethyl adjacent to an activating group) is 1. The van der Waals surface area contributed by atoms with Gasteiger partial charge in [0.25, 0.3) is 0 Å². The fourth-order valence-corrected chi connectivity index (χ4v) is 2.22. The van der Waals surface area contributed by atoms with Crippen molar-refractivity contribution in [1.29, 1.82) is 0 Å². The SMILES string of the molecule is COC(=O)c1c(N2CCOCC2)nn(CCN(C)C)c1N. The average molecular weight is 297 g/mol. The maximum Gasteiger partial charge on any atom is 0.345 e. The van der Waals surface area contributed by atoms with Gasteiger partial charge in [-0.25, -0.2) is 9.48 Å². The highest BCUT2D eigenvalue weighted by atomic mass is 16.5. The smallest absolute Gasteiger partial charge is 0.345 e. The van der Waals surface area contributed by atoms with E-state index in [0.717, 1.165) is 6.54 Å². The van der Waals surface area contributed by atoms with Crippen LogP contribution in [0.2, 0.25) is 0 Å². The van der Waals surface area contributed by atoms with Crippen molar-refractivity contribution in [3.05, 3.63) is 5.56 Å². The van der Waals surface area contributed by atoms with Crippen LogP contribution in [0, 0.1) is 0 Å². The molecule has 0 bridgehead atoms. The van der Waals surface area contributed by atoms with Crippen LogP contribution in [0.5, 0.6) is 0 Å². The van der Waals surface area contributed by atoms with Crippen LogP contribution in [0.4, 0.5) is 11.6 Å². The van der Waals surface area contributed by atoms with Gasteiger partial charge >= 0.3 is 5.97 Å². The van der Waals surface area contributed by atoms with E-state index >= 15 is 0 Å². The Morgan fingerprint density at radius 3 is 2.67 bits per heavy atom. The summed E-state index contributed by atoms with van der Waals surface area (Å²) in [6.07, 6.45) is 0. The molecule has 1 aromatic heterocycles. The minimum absolute atomic E-state index is 0.346. The number of ether oxygens (including phenoxy) is 2. The Morgan fingerprint density at radius 2 is 2.10 bits per heavy atom. The van der Waals surface area contributed by atoms with Gasteiger partial charge in [-0.15, -0.1) is 0 Å². The van der Waals surface area contributed by atoms with Crippen LogP contribution < -0.4 is 10.6 Å². The number of methoxy groups -OCH3 is 1. The number of nitrogens with zero attached hydrogens (tertiary/aromatic N) is 4. The third kappa shape index (κ3) is 3.45. The number of hydrogen-bond donors (Lipinski definition) is 1. The molecule has 8 nitrogen and oxygen atoms in total. The van der Waals surface area contributed by atoms with E-state index in [2.05, 4.69) is 5.10 Å². The van der Waals surface area contributed by atoms with Crippen LogP contribution >= 0.6 is 0 Å². The lowest BCUT2D eigenvalue weighted by Gasteiger charge is -2.27. The summed E-state index contributed by atoms with van der Waals surface area (Å²) in [7, 11) is 5.30. The summed E-state index contributed by atoms with van der Waals surface area (Å²) < 4.78 is 11.8. The summed E-state index contributed by atoms with van der Waals surface area (Å²) in [6, 6.07) is 0. The van der Waals surface area contributed by atoms with Gasteiger partial charge in [-0.2, -0.15) is 5.10 Å². The zero-order valence-electron chi connectivity index (χ0n) is 12.8. The van der Waals surface area contributed by atoms with Gasteiger partial charge in [0.05, 0.1) is 26.9 Å². The first kappa shape index (κ1) is 15.6. The van der Waals surface area contributed by atoms with Crippen molar-refractivity contribution in [2.75, 3.05) is 64.7 Å². The van der Waals surface area contributed by atoms with Crippen molar-refractivity contribution in [3.63, 3.8) is 0 Å². The summed E-state index contributed by atoms with van der Waals surface area (Å²) in [5.74, 6) is 0.483. The standard InChI is InChI=1S/C13H23N5O3/c1-16(2)4-5-18-11(14)10(13(19)20-3)12(15-18)17-6-8-21-9-7-17/h4-9,14H2,1-3H3. The number of nitrogen functional groups attached to an aromatic ring is 1. The zero-order chi connectivity index (χ0) is 15.4. The number of morpholine rings is 1. The maximum absolute atomic E-state index is 12.0. The summed E-state index contributed by atoms with van der Waals surface area (Å²) in [6.45, 7) is 4.01. The van der Waals surface area contributed by atoms with E-state index in [1.54, 1.807) is 4.68 Å². The third-order valence-electron chi connectivity index (χ3n) is 3.43. The molecule has 0 saturated carbocycles. The first-order valence-electron chi connectivity index (χ1n) is 6.96. The highest BCUT2D eigenvalue weighted by molar-refractivity contribution is 5.99. The highest BCUT2D eigenvalue weighted by Gasteiger charge is 2.27. The van der Waals surface area contributed by atoms with Crippen molar-refractivity contribution in [2.45, 2.75) is 6.54 Å². The molecule has 1 aliphatic heterocycles. The summed E-state index contributed by atoms with van der Waals surface area (Å²) in [4.78, 5) is 16.1. The molecule has 0 aliphatic carbocycles. The van der Waals surface area contributed by atoms with Crippen molar-refractivity contribution in [1.82, 2.24) is 14.7 Å². The fraction of sp³-hybridized carbons (Fsp3) is 0.692. The summed E-state index contributed by atoms with van der Waals surface area (Å²) in [5, 5.41) is 4.51. The molecule has 0 unspecified atom stereocenters. The molecular formula is C13H23N5O3. The monoisotopic (exact) mass is 297 g/mol. The van der Waals surface area contributed by atoms with E-state index in [9.17, 15) is 4.79 Å². The first-order chi connectivity index (χ1) is 10.0. The molecule has 0 spiro atoms. The van der Waals surface area contributed by atoms with Crippen LogP contribution in [0.3, 0.4) is 0 Å². The molecule has 1 saturated heterocycles. The van der Waals surface area contributed by atoms with E-state index < -0.39 is 5.97 Å². The number of carbonyl (C=O) groups is 1. The largest absolute Gasteiger partial charge is 0.465 e. The van der Waals surface area contributed by atoms with Crippen molar-refractivity contribution < 1.29 is 14.3 Å². The van der Waals surface area contributed by atoms with Crippen LogP contribution in [-0.2, 0) is 16.0 Å². The van der Waals surface area contributed by atoms with E-state index in [4.69, 9.17) is 15.2 Å². The molecule has 0 atom stereocenters. The zero-order valence-corrected chi connectivity index (χ0v) is 12.8. The van der Waals surface area contributed by atoms with E-state index in [0.29, 0.717) is 50.0 Å². The molecule has 2 rings (SSSR count). The summed E-state index contributed by atoms with van der Waals surface area (Å²) >= 11 is 0. The topological polar surface area (TPSA) is 85.8 Å². The Bertz CT molecular complexity index is 494. The Labute approximate surface area is 124 Å². The van der Waals surface area contributed by atoms with Crippen molar-refractivity contribution in [2.24, 2.45) is 0 Å². The average Bonchev–Trinajstić information content (AvgIpc) is 2.82. The van der Waals surface area contributed by atoms with Crippen LogP contribution in [0.1, 0.15) is 10.4 Å². The minimum Gasteiger partial charge on any atom is -0.465 e. The van der Waals surface area contributed by atoms with Crippen LogP contribution in [-0.4, -0.2) is 74.7 Å². The van der Waals surface area contributed by atoms with Crippen LogP contribution in [0.15, 0.2) is 0 Å². The fourth-order valence-electron chi connectivity index (χ4n) is 2.22. The molecule has 0 amide bonds. The molecule has 2 heterocycles. The lowest BCUT2D eigenvalue weighted by molar-refractivity contribution is 0.0601. The van der Waals surface area contributed by atoms with Gasteiger partial charge in [0.15, 0.2) is 5.82 Å². The van der Waals surface area contributed by atoms with Gasteiger partial charge in [-0.1, -0.05) is 0 Å². The second kappa shape index (κ2) is 6.77. The van der Waals surface area contributed by atoms with E-state index in [1.807, 2.05) is 23.9 Å². The van der Waals surface area contributed by atoms with Gasteiger partial charge in [-0.05, 0) is 14.1 Å². The number of anilines is 2. The Morgan fingerprint density at radius 1 is 1.43 bits per heavy atom. The maximum atomic E-state index is 12.0. The van der Waals surface area contributed by atoms with Gasteiger partial charge in [0, 0.05) is 19.6 Å². The van der Waals surface area contributed by atoms with Gasteiger partial charge in [0.1, 0.15) is 11.4 Å². The number of esters is 1. The number of carbonyl (C=O) groups excluding carboxylic acids is 1. The minimum atomic E-state index is -0.454. The Balaban J connectivity index is 2.31. The number of aromatic nitrogens is 2. The Hall–Kier alpha value is -1.80. The highest BCUT2D eigenvalue weighted by Crippen LogP contribution is 2.26. The van der Waals surface area contributed by atoms with Crippen LogP contribution in [0.25, 0.3) is 0 Å². The molecule has 2 N–H and O–H groups in total. The van der Waals surface area contributed by atoms with Gasteiger partial charge < -0.3 is 25.0 Å². The third-order valence-corrected chi connectivity index (χ3v) is 3.43. The predicted octanol–water partition coefficient (Wildman–Crippen LogP) is -0.350. The van der Waals surface area contributed by atoms with Crippen molar-refractivity contribution >= 4 is 17.6 Å².